The van der Waals surface area contributed by atoms with Gasteiger partial charge in [0.1, 0.15) is 0 Å². The Balaban J connectivity index is 2.83. The van der Waals surface area contributed by atoms with E-state index in [0.717, 1.165) is 0 Å². The minimum atomic E-state index is -4.30. The third-order valence-electron chi connectivity index (χ3n) is 1.04. The van der Waals surface area contributed by atoms with Crippen molar-refractivity contribution < 1.29 is 13.2 Å². The number of nitrogens with two attached hydrogens (primary N) is 1. The maximum Gasteiger partial charge on any atom is 0.446 e. The van der Waals surface area contributed by atoms with Gasteiger partial charge in [-0.15, -0.1) is 0 Å². The molecule has 1 heterocycles. The Morgan fingerprint density at radius 1 is 1.42 bits per heavy atom. The lowest BCUT2D eigenvalue weighted by molar-refractivity contribution is -0.0327. The van der Waals surface area contributed by atoms with Crippen molar-refractivity contribution in [1.82, 2.24) is 4.98 Å². The number of anilines is 1. The molecule has 0 aliphatic rings. The largest absolute Gasteiger partial charge is 0.446 e. The van der Waals surface area contributed by atoms with Gasteiger partial charge in [0.25, 0.3) is 0 Å². The van der Waals surface area contributed by atoms with Gasteiger partial charge in [0, 0.05) is 11.1 Å². The van der Waals surface area contributed by atoms with Gasteiger partial charge in [0.15, 0.2) is 0 Å². The number of nitrogens with zero attached hydrogens (tertiary/aromatic N) is 1. The molecule has 0 aliphatic heterocycles. The molecule has 6 heteroatoms. The van der Waals surface area contributed by atoms with Gasteiger partial charge in [0.05, 0.1) is 11.9 Å². The summed E-state index contributed by atoms with van der Waals surface area (Å²) in [6, 6.07) is 1.23. The van der Waals surface area contributed by atoms with Crippen molar-refractivity contribution >= 4 is 17.4 Å². The molecule has 0 saturated heterocycles. The zero-order valence-corrected chi connectivity index (χ0v) is 6.62. The van der Waals surface area contributed by atoms with E-state index in [9.17, 15) is 13.2 Å². The third kappa shape index (κ3) is 2.61. The highest BCUT2D eigenvalue weighted by Gasteiger charge is 2.29. The van der Waals surface area contributed by atoms with Crippen molar-refractivity contribution in [1.29, 1.82) is 0 Å². The first-order chi connectivity index (χ1) is 5.49. The van der Waals surface area contributed by atoms with Gasteiger partial charge in [-0.1, -0.05) is 0 Å². The molecule has 0 bridgehead atoms. The van der Waals surface area contributed by atoms with Crippen molar-refractivity contribution in [2.75, 3.05) is 5.73 Å². The van der Waals surface area contributed by atoms with Crippen molar-refractivity contribution in [3.63, 3.8) is 0 Å². The standard InChI is InChI=1S/C6H5F3N2S/c7-6(8,9)12-5-1-2-11-3-4(5)10/h1-3H,10H2. The molecule has 0 aromatic carbocycles. The SMILES string of the molecule is Nc1cnccc1SC(F)(F)F. The van der Waals surface area contributed by atoms with Gasteiger partial charge in [-0.25, -0.2) is 0 Å². The minimum absolute atomic E-state index is 0.0162. The molecule has 0 unspecified atom stereocenters. The normalized spacial score (nSPS) is 11.6. The number of hydrogen-bond donors (Lipinski definition) is 1. The molecule has 0 spiro atoms. The van der Waals surface area contributed by atoms with Crippen molar-refractivity contribution in [2.45, 2.75) is 10.4 Å². The van der Waals surface area contributed by atoms with E-state index in [1.807, 2.05) is 0 Å². The molecular weight excluding hydrogens is 189 g/mol. The van der Waals surface area contributed by atoms with Crippen LogP contribution in [-0.4, -0.2) is 10.5 Å². The second-order valence-electron chi connectivity index (χ2n) is 1.96. The van der Waals surface area contributed by atoms with E-state index < -0.39 is 5.51 Å². The molecule has 0 atom stereocenters. The molecule has 1 aromatic heterocycles. The first-order valence-electron chi connectivity index (χ1n) is 2.94. The number of aromatic nitrogens is 1. The summed E-state index contributed by atoms with van der Waals surface area (Å²) in [5.41, 5.74) is 0.990. The molecule has 12 heavy (non-hydrogen) atoms. The second kappa shape index (κ2) is 3.22. The van der Waals surface area contributed by atoms with Crippen molar-refractivity contribution in [3.05, 3.63) is 18.5 Å². The van der Waals surface area contributed by atoms with E-state index >= 15 is 0 Å². The molecule has 0 fully saturated rings. The summed E-state index contributed by atoms with van der Waals surface area (Å²) >= 11 is -0.238. The van der Waals surface area contributed by atoms with Gasteiger partial charge >= 0.3 is 5.51 Å². The van der Waals surface area contributed by atoms with Gasteiger partial charge < -0.3 is 5.73 Å². The summed E-state index contributed by atoms with van der Waals surface area (Å²) < 4.78 is 35.4. The first-order valence-corrected chi connectivity index (χ1v) is 3.76. The summed E-state index contributed by atoms with van der Waals surface area (Å²) in [7, 11) is 0. The van der Waals surface area contributed by atoms with E-state index in [0.29, 0.717) is 0 Å². The number of alkyl halides is 3. The van der Waals surface area contributed by atoms with Crippen LogP contribution in [0.5, 0.6) is 0 Å². The van der Waals surface area contributed by atoms with Crippen LogP contribution in [0, 0.1) is 0 Å². The van der Waals surface area contributed by atoms with Gasteiger partial charge in [-0.05, 0) is 17.8 Å². The van der Waals surface area contributed by atoms with Crippen LogP contribution in [0.4, 0.5) is 18.9 Å². The number of pyridine rings is 1. The van der Waals surface area contributed by atoms with Gasteiger partial charge in [-0.3, -0.25) is 4.98 Å². The summed E-state index contributed by atoms with van der Waals surface area (Å²) in [6.45, 7) is 0. The highest BCUT2D eigenvalue weighted by Crippen LogP contribution is 2.38. The van der Waals surface area contributed by atoms with Gasteiger partial charge in [0.2, 0.25) is 0 Å². The molecule has 66 valence electrons. The summed E-state index contributed by atoms with van der Waals surface area (Å²) in [4.78, 5) is 3.55. The lowest BCUT2D eigenvalue weighted by Gasteiger charge is -2.06. The van der Waals surface area contributed by atoms with Gasteiger partial charge in [-0.2, -0.15) is 13.2 Å². The quantitative estimate of drug-likeness (QED) is 0.697. The fourth-order valence-electron chi connectivity index (χ4n) is 0.612. The Bertz CT molecular complexity index is 274. The smallest absolute Gasteiger partial charge is 0.397 e. The van der Waals surface area contributed by atoms with Crippen LogP contribution < -0.4 is 5.73 Å². The molecule has 1 aromatic rings. The molecule has 0 radical (unpaired) electrons. The fraction of sp³-hybridized carbons (Fsp3) is 0.167. The lowest BCUT2D eigenvalue weighted by Crippen LogP contribution is -2.01. The number of nitrogen functional groups attached to an aromatic ring is 1. The van der Waals surface area contributed by atoms with Crippen LogP contribution >= 0.6 is 11.8 Å². The van der Waals surface area contributed by atoms with E-state index in [2.05, 4.69) is 4.98 Å². The number of rotatable bonds is 1. The topological polar surface area (TPSA) is 38.9 Å². The second-order valence-corrected chi connectivity index (χ2v) is 3.07. The molecular formula is C6H5F3N2S. The monoisotopic (exact) mass is 194 g/mol. The minimum Gasteiger partial charge on any atom is -0.397 e. The maximum atomic E-state index is 11.8. The Labute approximate surface area is 71.0 Å². The summed E-state index contributed by atoms with van der Waals surface area (Å²) in [5, 5.41) is 0. The van der Waals surface area contributed by atoms with Crippen LogP contribution in [0.25, 0.3) is 0 Å². The maximum absolute atomic E-state index is 11.8. The van der Waals surface area contributed by atoms with E-state index in [-0.39, 0.29) is 22.3 Å². The molecule has 2 nitrogen and oxygen atoms in total. The molecule has 0 amide bonds. The van der Waals surface area contributed by atoms with Crippen molar-refractivity contribution in [2.24, 2.45) is 0 Å². The fourth-order valence-corrected chi connectivity index (χ4v) is 1.16. The Morgan fingerprint density at radius 2 is 2.08 bits per heavy atom. The summed E-state index contributed by atoms with van der Waals surface area (Å²) in [6.07, 6.45) is 2.46. The first kappa shape index (κ1) is 9.18. The molecule has 0 saturated carbocycles. The predicted octanol–water partition coefficient (Wildman–Crippen LogP) is 2.28. The van der Waals surface area contributed by atoms with Crippen LogP contribution in [0.1, 0.15) is 0 Å². The molecule has 0 aliphatic carbocycles. The van der Waals surface area contributed by atoms with Crippen LogP contribution in [0.3, 0.4) is 0 Å². The van der Waals surface area contributed by atoms with Crippen LogP contribution in [-0.2, 0) is 0 Å². The number of hydrogen-bond acceptors (Lipinski definition) is 3. The molecule has 1 rings (SSSR count). The van der Waals surface area contributed by atoms with E-state index in [4.69, 9.17) is 5.73 Å². The Hall–Kier alpha value is -0.910. The highest BCUT2D eigenvalue weighted by atomic mass is 32.2. The Kier molecular flexibility index (Phi) is 2.46. The average molecular weight is 194 g/mol. The van der Waals surface area contributed by atoms with Crippen molar-refractivity contribution in [3.8, 4) is 0 Å². The number of thioether (sulfide) groups is 1. The zero-order valence-electron chi connectivity index (χ0n) is 5.80. The third-order valence-corrected chi connectivity index (χ3v) is 1.86. The highest BCUT2D eigenvalue weighted by molar-refractivity contribution is 8.00. The lowest BCUT2D eigenvalue weighted by atomic mass is 10.4. The number of halogens is 3. The summed E-state index contributed by atoms with van der Waals surface area (Å²) in [5.74, 6) is 0. The molecule has 2 N–H and O–H groups in total. The van der Waals surface area contributed by atoms with E-state index in [1.54, 1.807) is 0 Å². The average Bonchev–Trinajstić information content (AvgIpc) is 1.91. The van der Waals surface area contributed by atoms with E-state index in [1.165, 1.54) is 18.5 Å². The van der Waals surface area contributed by atoms with Crippen LogP contribution in [0.15, 0.2) is 23.4 Å². The predicted molar refractivity (Wildman–Crippen MR) is 40.6 cm³/mol. The zero-order chi connectivity index (χ0) is 9.19. The Morgan fingerprint density at radius 3 is 2.58 bits per heavy atom. The van der Waals surface area contributed by atoms with Crippen LogP contribution in [0.2, 0.25) is 0 Å².